The van der Waals surface area contributed by atoms with E-state index >= 15 is 0 Å². The van der Waals surface area contributed by atoms with Gasteiger partial charge in [-0.05, 0) is 32.0 Å². The summed E-state index contributed by atoms with van der Waals surface area (Å²) >= 11 is 0. The summed E-state index contributed by atoms with van der Waals surface area (Å²) in [4.78, 5) is 25.1. The van der Waals surface area contributed by atoms with Crippen molar-refractivity contribution in [2.75, 3.05) is 18.0 Å². The summed E-state index contributed by atoms with van der Waals surface area (Å²) in [6.07, 6.45) is 0. The first kappa shape index (κ1) is 14.1. The molecule has 0 spiro atoms. The number of hydrogen-bond donors (Lipinski definition) is 2. The summed E-state index contributed by atoms with van der Waals surface area (Å²) in [5.41, 5.74) is 1.78. The number of benzene rings is 1. The van der Waals surface area contributed by atoms with Crippen molar-refractivity contribution in [3.63, 3.8) is 0 Å². The van der Waals surface area contributed by atoms with E-state index in [1.165, 1.54) is 11.5 Å². The van der Waals surface area contributed by atoms with Gasteiger partial charge in [0.25, 0.3) is 5.91 Å². The van der Waals surface area contributed by atoms with Crippen LogP contribution >= 0.6 is 0 Å². The second-order valence-corrected chi connectivity index (χ2v) is 4.28. The number of fused-ring (bicyclic) bond motifs is 1. The van der Waals surface area contributed by atoms with Gasteiger partial charge in [-0.25, -0.2) is 10.3 Å². The van der Waals surface area contributed by atoms with E-state index in [1.54, 1.807) is 12.1 Å². The normalized spacial score (nSPS) is 10.6. The van der Waals surface area contributed by atoms with Crippen LogP contribution in [0, 0.1) is 0 Å². The first-order chi connectivity index (χ1) is 9.60. The predicted octanol–water partition coefficient (Wildman–Crippen LogP) is 1.76. The third-order valence-corrected chi connectivity index (χ3v) is 3.19. The zero-order chi connectivity index (χ0) is 14.7. The van der Waals surface area contributed by atoms with E-state index in [4.69, 9.17) is 9.62 Å². The Bertz CT molecular complexity index is 689. The fraction of sp³-hybridized carbons (Fsp3) is 0.286. The highest BCUT2D eigenvalue weighted by Crippen LogP contribution is 2.21. The zero-order valence-corrected chi connectivity index (χ0v) is 11.3. The lowest BCUT2D eigenvalue weighted by Gasteiger charge is -2.20. The van der Waals surface area contributed by atoms with Crippen LogP contribution in [0.1, 0.15) is 24.2 Å². The number of amides is 1. The Morgan fingerprint density at radius 3 is 2.60 bits per heavy atom. The highest BCUT2D eigenvalue weighted by molar-refractivity contribution is 5.96. The number of nitrogens with one attached hydrogen (secondary N) is 1. The molecule has 0 aliphatic heterocycles. The van der Waals surface area contributed by atoms with E-state index < -0.39 is 11.5 Å². The molecule has 106 valence electrons. The fourth-order valence-corrected chi connectivity index (χ4v) is 2.10. The summed E-state index contributed by atoms with van der Waals surface area (Å²) in [6.45, 7) is 5.77. The summed E-state index contributed by atoms with van der Waals surface area (Å²) < 4.78 is 5.14. The van der Waals surface area contributed by atoms with Gasteiger partial charge in [-0.3, -0.25) is 10.0 Å². The minimum Gasteiger partial charge on any atom is -0.422 e. The topological polar surface area (TPSA) is 82.8 Å². The number of carbonyl (C=O) groups is 1. The Balaban J connectivity index is 2.55. The van der Waals surface area contributed by atoms with Crippen LogP contribution in [0.2, 0.25) is 0 Å². The molecule has 0 radical (unpaired) electrons. The molecule has 0 aliphatic carbocycles. The lowest BCUT2D eigenvalue weighted by Crippen LogP contribution is -2.25. The van der Waals surface area contributed by atoms with E-state index in [0.29, 0.717) is 11.0 Å². The van der Waals surface area contributed by atoms with Gasteiger partial charge in [0.1, 0.15) is 11.1 Å². The van der Waals surface area contributed by atoms with Gasteiger partial charge < -0.3 is 9.32 Å². The molecule has 0 atom stereocenters. The van der Waals surface area contributed by atoms with Crippen molar-refractivity contribution in [1.29, 1.82) is 0 Å². The Hall–Kier alpha value is -2.34. The van der Waals surface area contributed by atoms with Gasteiger partial charge >= 0.3 is 5.63 Å². The first-order valence-electron chi connectivity index (χ1n) is 6.38. The fourth-order valence-electron chi connectivity index (χ4n) is 2.10. The second-order valence-electron chi connectivity index (χ2n) is 4.28. The summed E-state index contributed by atoms with van der Waals surface area (Å²) in [6, 6.07) is 6.85. The molecule has 0 saturated carbocycles. The highest BCUT2D eigenvalue weighted by atomic mass is 16.5. The maximum Gasteiger partial charge on any atom is 0.349 e. The monoisotopic (exact) mass is 276 g/mol. The molecule has 1 aromatic heterocycles. The largest absolute Gasteiger partial charge is 0.422 e. The second kappa shape index (κ2) is 5.75. The van der Waals surface area contributed by atoms with E-state index in [0.717, 1.165) is 18.8 Å². The van der Waals surface area contributed by atoms with Gasteiger partial charge in [-0.2, -0.15) is 0 Å². The summed E-state index contributed by atoms with van der Waals surface area (Å²) in [5.74, 6) is -0.881. The molecular weight excluding hydrogens is 260 g/mol. The van der Waals surface area contributed by atoms with Crippen molar-refractivity contribution in [2.45, 2.75) is 13.8 Å². The third-order valence-electron chi connectivity index (χ3n) is 3.19. The van der Waals surface area contributed by atoms with Crippen LogP contribution in [0.4, 0.5) is 5.69 Å². The van der Waals surface area contributed by atoms with Gasteiger partial charge in [-0.1, -0.05) is 0 Å². The molecule has 0 fully saturated rings. The molecule has 1 aromatic carbocycles. The van der Waals surface area contributed by atoms with Crippen LogP contribution in [0.5, 0.6) is 0 Å². The lowest BCUT2D eigenvalue weighted by atomic mass is 10.1. The highest BCUT2D eigenvalue weighted by Gasteiger charge is 2.13. The molecule has 0 unspecified atom stereocenters. The predicted molar refractivity (Wildman–Crippen MR) is 75.3 cm³/mol. The summed E-state index contributed by atoms with van der Waals surface area (Å²) in [7, 11) is 0. The Morgan fingerprint density at radius 1 is 1.30 bits per heavy atom. The van der Waals surface area contributed by atoms with Crippen molar-refractivity contribution >= 4 is 22.6 Å². The number of carbonyl (C=O) groups excluding carboxylic acids is 1. The van der Waals surface area contributed by atoms with Crippen molar-refractivity contribution in [3.05, 3.63) is 40.2 Å². The molecule has 6 nitrogen and oxygen atoms in total. The molecule has 0 bridgehead atoms. The van der Waals surface area contributed by atoms with Gasteiger partial charge in [0.05, 0.1) is 0 Å². The number of hydroxylamine groups is 1. The first-order valence-corrected chi connectivity index (χ1v) is 6.38. The van der Waals surface area contributed by atoms with Crippen molar-refractivity contribution in [3.8, 4) is 0 Å². The van der Waals surface area contributed by atoms with Crippen LogP contribution in [-0.4, -0.2) is 24.2 Å². The van der Waals surface area contributed by atoms with Crippen LogP contribution in [0.25, 0.3) is 11.0 Å². The quantitative estimate of drug-likeness (QED) is 0.505. The van der Waals surface area contributed by atoms with E-state index in [-0.39, 0.29) is 5.56 Å². The Kier molecular flexibility index (Phi) is 4.05. The molecule has 2 N–H and O–H groups in total. The Morgan fingerprint density at radius 2 is 2.00 bits per heavy atom. The molecular formula is C14H16N2O4. The van der Waals surface area contributed by atoms with Crippen molar-refractivity contribution < 1.29 is 14.4 Å². The van der Waals surface area contributed by atoms with Gasteiger partial charge in [0.2, 0.25) is 0 Å². The zero-order valence-electron chi connectivity index (χ0n) is 11.3. The number of hydrogen-bond acceptors (Lipinski definition) is 5. The van der Waals surface area contributed by atoms with Gasteiger partial charge in [0, 0.05) is 30.2 Å². The van der Waals surface area contributed by atoms with Crippen LogP contribution in [0.15, 0.2) is 33.5 Å². The van der Waals surface area contributed by atoms with E-state index in [2.05, 4.69) is 4.90 Å². The molecule has 2 rings (SSSR count). The number of rotatable bonds is 4. The van der Waals surface area contributed by atoms with Gasteiger partial charge in [-0.15, -0.1) is 0 Å². The maximum absolute atomic E-state index is 11.7. The van der Waals surface area contributed by atoms with Crippen LogP contribution in [-0.2, 0) is 0 Å². The van der Waals surface area contributed by atoms with Gasteiger partial charge in [0.15, 0.2) is 0 Å². The number of nitrogens with zero attached hydrogens (tertiary/aromatic N) is 1. The van der Waals surface area contributed by atoms with Crippen LogP contribution < -0.4 is 16.0 Å². The molecule has 1 heterocycles. The molecule has 0 aliphatic rings. The number of anilines is 1. The molecule has 0 saturated heterocycles. The smallest absolute Gasteiger partial charge is 0.349 e. The standard InChI is InChI=1S/C14H16N2O4/c1-3-16(4-2)10-6-5-9-7-11(13(17)15-19)14(18)20-12(9)8-10/h5-8,19H,3-4H2,1-2H3,(H,15,17). The average molecular weight is 276 g/mol. The molecule has 1 amide bonds. The van der Waals surface area contributed by atoms with Crippen molar-refractivity contribution in [1.82, 2.24) is 5.48 Å². The maximum atomic E-state index is 11.7. The summed E-state index contributed by atoms with van der Waals surface area (Å²) in [5, 5.41) is 9.20. The molecule has 6 heteroatoms. The van der Waals surface area contributed by atoms with Crippen LogP contribution in [0.3, 0.4) is 0 Å². The Labute approximate surface area is 115 Å². The molecule has 2 aromatic rings. The third kappa shape index (κ3) is 2.50. The average Bonchev–Trinajstić information content (AvgIpc) is 2.47. The molecule has 20 heavy (non-hydrogen) atoms. The van der Waals surface area contributed by atoms with Crippen molar-refractivity contribution in [2.24, 2.45) is 0 Å². The SMILES string of the molecule is CCN(CC)c1ccc2cc(C(=O)NO)c(=O)oc2c1. The lowest BCUT2D eigenvalue weighted by molar-refractivity contribution is 0.0702. The minimum atomic E-state index is -0.881. The van der Waals surface area contributed by atoms with E-state index in [9.17, 15) is 9.59 Å². The van der Waals surface area contributed by atoms with E-state index in [1.807, 2.05) is 19.9 Å². The minimum absolute atomic E-state index is 0.226.